The Hall–Kier alpha value is -1.16. The lowest BCUT2D eigenvalue weighted by Gasteiger charge is -2.14. The van der Waals surface area contributed by atoms with Gasteiger partial charge in [-0.1, -0.05) is 12.8 Å². The molecule has 0 amide bonds. The zero-order valence-electron chi connectivity index (χ0n) is 11.3. The summed E-state index contributed by atoms with van der Waals surface area (Å²) in [6.45, 7) is 2.00. The van der Waals surface area contributed by atoms with Crippen LogP contribution in [0.5, 0.6) is 0 Å². The van der Waals surface area contributed by atoms with E-state index in [1.807, 2.05) is 18.3 Å². The van der Waals surface area contributed by atoms with Gasteiger partial charge < -0.3 is 5.32 Å². The van der Waals surface area contributed by atoms with Crippen LogP contribution in [-0.4, -0.2) is 16.0 Å². The first-order chi connectivity index (χ1) is 9.31. The number of anilines is 1. The number of thiophene rings is 1. The molecule has 0 spiro atoms. The lowest BCUT2D eigenvalue weighted by atomic mass is 10.1. The van der Waals surface area contributed by atoms with Gasteiger partial charge in [0.1, 0.15) is 16.5 Å². The standard InChI is InChI=1S/C15H19N3S/c1-9-16-14(18-10-5-2-3-6-10)13-11-7-4-8-12(11)19-15(13)17-9/h10H,2-8H2,1H3,(H,16,17,18). The largest absolute Gasteiger partial charge is 0.367 e. The summed E-state index contributed by atoms with van der Waals surface area (Å²) in [6, 6.07) is 0.620. The molecule has 0 unspecified atom stereocenters. The van der Waals surface area contributed by atoms with E-state index in [9.17, 15) is 0 Å². The number of rotatable bonds is 2. The van der Waals surface area contributed by atoms with Crippen molar-refractivity contribution in [3.8, 4) is 0 Å². The van der Waals surface area contributed by atoms with Gasteiger partial charge in [-0.2, -0.15) is 0 Å². The van der Waals surface area contributed by atoms with Gasteiger partial charge in [0.15, 0.2) is 0 Å². The molecule has 0 radical (unpaired) electrons. The van der Waals surface area contributed by atoms with Crippen molar-refractivity contribution in [3.05, 3.63) is 16.3 Å². The van der Waals surface area contributed by atoms with Gasteiger partial charge in [-0.3, -0.25) is 0 Å². The molecule has 2 aromatic heterocycles. The van der Waals surface area contributed by atoms with E-state index in [2.05, 4.69) is 10.3 Å². The first kappa shape index (κ1) is 11.6. The molecule has 1 N–H and O–H groups in total. The number of nitrogens with zero attached hydrogens (tertiary/aromatic N) is 2. The predicted molar refractivity (Wildman–Crippen MR) is 80.1 cm³/mol. The first-order valence-corrected chi connectivity index (χ1v) is 8.18. The summed E-state index contributed by atoms with van der Waals surface area (Å²) in [6.07, 6.45) is 9.03. The molecule has 2 aliphatic rings. The quantitative estimate of drug-likeness (QED) is 0.903. The summed E-state index contributed by atoms with van der Waals surface area (Å²) >= 11 is 1.88. The number of aromatic nitrogens is 2. The van der Waals surface area contributed by atoms with E-state index >= 15 is 0 Å². The molecule has 0 aliphatic heterocycles. The summed E-state index contributed by atoms with van der Waals surface area (Å²) in [5, 5.41) is 5.02. The van der Waals surface area contributed by atoms with E-state index in [1.165, 1.54) is 60.7 Å². The smallest absolute Gasteiger partial charge is 0.139 e. The molecule has 0 saturated heterocycles. The van der Waals surface area contributed by atoms with Crippen molar-refractivity contribution in [3.63, 3.8) is 0 Å². The zero-order chi connectivity index (χ0) is 12.8. The summed E-state index contributed by atoms with van der Waals surface area (Å²) < 4.78 is 0. The normalized spacial score (nSPS) is 19.2. The average Bonchev–Trinajstić information content (AvgIpc) is 3.03. The van der Waals surface area contributed by atoms with Crippen molar-refractivity contribution in [2.24, 2.45) is 0 Å². The van der Waals surface area contributed by atoms with E-state index in [-0.39, 0.29) is 0 Å². The van der Waals surface area contributed by atoms with Gasteiger partial charge in [0.2, 0.25) is 0 Å². The Bertz CT molecular complexity index is 626. The third-order valence-corrected chi connectivity index (χ3v) is 5.56. The van der Waals surface area contributed by atoms with E-state index < -0.39 is 0 Å². The number of nitrogens with one attached hydrogen (secondary N) is 1. The fourth-order valence-electron chi connectivity index (χ4n) is 3.47. The maximum atomic E-state index is 4.70. The second-order valence-electron chi connectivity index (χ2n) is 5.78. The molecule has 0 bridgehead atoms. The number of fused-ring (bicyclic) bond motifs is 3. The highest BCUT2D eigenvalue weighted by atomic mass is 32.1. The van der Waals surface area contributed by atoms with Crippen LogP contribution in [0.3, 0.4) is 0 Å². The van der Waals surface area contributed by atoms with Gasteiger partial charge in [-0.15, -0.1) is 11.3 Å². The lowest BCUT2D eigenvalue weighted by Crippen LogP contribution is -2.16. The second-order valence-corrected chi connectivity index (χ2v) is 6.87. The first-order valence-electron chi connectivity index (χ1n) is 7.36. The number of hydrogen-bond donors (Lipinski definition) is 1. The van der Waals surface area contributed by atoms with Crippen LogP contribution in [0.15, 0.2) is 0 Å². The van der Waals surface area contributed by atoms with Gasteiger partial charge in [0, 0.05) is 10.9 Å². The Balaban J connectivity index is 1.82. The van der Waals surface area contributed by atoms with E-state index in [1.54, 1.807) is 4.88 Å². The molecule has 0 atom stereocenters. The van der Waals surface area contributed by atoms with Gasteiger partial charge in [-0.05, 0) is 44.6 Å². The Kier molecular flexibility index (Phi) is 2.72. The van der Waals surface area contributed by atoms with E-state index in [0.717, 1.165) is 11.6 Å². The summed E-state index contributed by atoms with van der Waals surface area (Å²) in [7, 11) is 0. The lowest BCUT2D eigenvalue weighted by molar-refractivity contribution is 0.750. The van der Waals surface area contributed by atoms with E-state index in [0.29, 0.717) is 6.04 Å². The fourth-order valence-corrected chi connectivity index (χ4v) is 4.78. The molecule has 1 fully saturated rings. The third kappa shape index (κ3) is 1.93. The minimum absolute atomic E-state index is 0.620. The van der Waals surface area contributed by atoms with Crippen LogP contribution in [0.2, 0.25) is 0 Å². The molecular weight excluding hydrogens is 254 g/mol. The van der Waals surface area contributed by atoms with Gasteiger partial charge in [0.05, 0.1) is 5.39 Å². The van der Waals surface area contributed by atoms with Crippen LogP contribution in [0.25, 0.3) is 10.2 Å². The fraction of sp³-hybridized carbons (Fsp3) is 0.600. The molecule has 4 heteroatoms. The van der Waals surface area contributed by atoms with Crippen molar-refractivity contribution in [2.45, 2.75) is 57.9 Å². The summed E-state index contributed by atoms with van der Waals surface area (Å²) in [5.41, 5.74) is 1.53. The van der Waals surface area contributed by atoms with Crippen LogP contribution >= 0.6 is 11.3 Å². The number of hydrogen-bond acceptors (Lipinski definition) is 4. The van der Waals surface area contributed by atoms with Crippen LogP contribution in [0, 0.1) is 6.92 Å². The monoisotopic (exact) mass is 273 g/mol. The molecule has 100 valence electrons. The highest BCUT2D eigenvalue weighted by molar-refractivity contribution is 7.19. The van der Waals surface area contributed by atoms with Crippen molar-refractivity contribution >= 4 is 27.4 Å². The van der Waals surface area contributed by atoms with Crippen LogP contribution in [-0.2, 0) is 12.8 Å². The molecule has 1 saturated carbocycles. The molecule has 2 aliphatic carbocycles. The predicted octanol–water partition coefficient (Wildman–Crippen LogP) is 3.84. The van der Waals surface area contributed by atoms with Gasteiger partial charge >= 0.3 is 0 Å². The molecule has 2 heterocycles. The Morgan fingerprint density at radius 2 is 1.95 bits per heavy atom. The molecule has 2 aromatic rings. The van der Waals surface area contributed by atoms with Crippen LogP contribution in [0.1, 0.15) is 48.4 Å². The van der Waals surface area contributed by atoms with E-state index in [4.69, 9.17) is 4.98 Å². The minimum atomic E-state index is 0.620. The molecule has 4 rings (SSSR count). The molecule has 0 aromatic carbocycles. The van der Waals surface area contributed by atoms with Crippen molar-refractivity contribution in [1.29, 1.82) is 0 Å². The maximum absolute atomic E-state index is 4.70. The van der Waals surface area contributed by atoms with Crippen LogP contribution in [0.4, 0.5) is 5.82 Å². The Morgan fingerprint density at radius 3 is 2.79 bits per heavy atom. The molecular formula is C15H19N3S. The molecule has 19 heavy (non-hydrogen) atoms. The number of aryl methyl sites for hydroxylation is 3. The van der Waals surface area contributed by atoms with Gasteiger partial charge in [0.25, 0.3) is 0 Å². The minimum Gasteiger partial charge on any atom is -0.367 e. The second kappa shape index (κ2) is 4.44. The van der Waals surface area contributed by atoms with Crippen molar-refractivity contribution < 1.29 is 0 Å². The summed E-state index contributed by atoms with van der Waals surface area (Å²) in [5.74, 6) is 2.00. The Morgan fingerprint density at radius 1 is 1.11 bits per heavy atom. The highest BCUT2D eigenvalue weighted by Gasteiger charge is 2.23. The Labute approximate surface area is 117 Å². The third-order valence-electron chi connectivity index (χ3n) is 4.37. The van der Waals surface area contributed by atoms with Crippen molar-refractivity contribution in [2.75, 3.05) is 5.32 Å². The maximum Gasteiger partial charge on any atom is 0.139 e. The van der Waals surface area contributed by atoms with Gasteiger partial charge in [-0.25, -0.2) is 9.97 Å². The highest BCUT2D eigenvalue weighted by Crippen LogP contribution is 2.40. The average molecular weight is 273 g/mol. The zero-order valence-corrected chi connectivity index (χ0v) is 12.1. The topological polar surface area (TPSA) is 37.8 Å². The summed E-state index contributed by atoms with van der Waals surface area (Å²) in [4.78, 5) is 12.1. The SMILES string of the molecule is Cc1nc(NC2CCCC2)c2c3c(sc2n1)CCC3. The molecule has 3 nitrogen and oxygen atoms in total. The van der Waals surface area contributed by atoms with Crippen LogP contribution < -0.4 is 5.32 Å². The van der Waals surface area contributed by atoms with Crippen molar-refractivity contribution in [1.82, 2.24) is 9.97 Å².